The first kappa shape index (κ1) is 16.8. The summed E-state index contributed by atoms with van der Waals surface area (Å²) in [5.41, 5.74) is 2.38. The van der Waals surface area contributed by atoms with Crippen LogP contribution in [0.15, 0.2) is 42.5 Å². The van der Waals surface area contributed by atoms with E-state index in [4.69, 9.17) is 23.2 Å². The van der Waals surface area contributed by atoms with Gasteiger partial charge in [-0.1, -0.05) is 47.0 Å². The maximum atomic E-state index is 12.5. The van der Waals surface area contributed by atoms with E-state index < -0.39 is 5.92 Å². The Morgan fingerprint density at radius 1 is 1.17 bits per heavy atom. The normalized spacial score (nSPS) is 17.2. The number of rotatable bonds is 3. The summed E-state index contributed by atoms with van der Waals surface area (Å²) in [5.74, 6) is -0.716. The first-order chi connectivity index (χ1) is 11.5. The van der Waals surface area contributed by atoms with E-state index >= 15 is 0 Å². The largest absolute Gasteiger partial charge is 0.324 e. The Hall–Kier alpha value is -2.04. The Bertz CT molecular complexity index is 790. The molecule has 24 heavy (non-hydrogen) atoms. The number of amides is 2. The van der Waals surface area contributed by atoms with Gasteiger partial charge in [-0.2, -0.15) is 0 Å². The van der Waals surface area contributed by atoms with E-state index in [1.807, 2.05) is 31.2 Å². The molecule has 4 nitrogen and oxygen atoms in total. The molecule has 1 heterocycles. The standard InChI is InChI=1S/C18H16Cl2N2O2/c1-11-5-7-13(8-6-11)22-10-12(9-16(22)23)18(24)21-15-4-2-3-14(19)17(15)20/h2-8,12H,9-10H2,1H3,(H,21,24)/t12-/m0/s1. The number of anilines is 2. The molecule has 0 unspecified atom stereocenters. The number of hydrogen-bond donors (Lipinski definition) is 1. The summed E-state index contributed by atoms with van der Waals surface area (Å²) in [7, 11) is 0. The molecule has 1 aliphatic heterocycles. The SMILES string of the molecule is Cc1ccc(N2C[C@@H](C(=O)Nc3cccc(Cl)c3Cl)CC2=O)cc1. The minimum Gasteiger partial charge on any atom is -0.324 e. The Labute approximate surface area is 150 Å². The van der Waals surface area contributed by atoms with E-state index in [9.17, 15) is 9.59 Å². The molecule has 1 atom stereocenters. The fourth-order valence-electron chi connectivity index (χ4n) is 2.69. The summed E-state index contributed by atoms with van der Waals surface area (Å²) in [6, 6.07) is 12.7. The third-order valence-corrected chi connectivity index (χ3v) is 4.87. The molecule has 6 heteroatoms. The summed E-state index contributed by atoms with van der Waals surface area (Å²) in [4.78, 5) is 26.4. The van der Waals surface area contributed by atoms with Gasteiger partial charge in [-0.15, -0.1) is 0 Å². The van der Waals surface area contributed by atoms with Crippen LogP contribution in [-0.4, -0.2) is 18.4 Å². The first-order valence-electron chi connectivity index (χ1n) is 7.57. The molecule has 3 rings (SSSR count). The van der Waals surface area contributed by atoms with Crippen LogP contribution in [0.2, 0.25) is 10.0 Å². The van der Waals surface area contributed by atoms with Crippen LogP contribution >= 0.6 is 23.2 Å². The van der Waals surface area contributed by atoms with E-state index in [0.717, 1.165) is 11.3 Å². The second-order valence-corrected chi connectivity index (χ2v) is 6.62. The summed E-state index contributed by atoms with van der Waals surface area (Å²) in [6.45, 7) is 2.34. The molecule has 1 aliphatic rings. The van der Waals surface area contributed by atoms with Gasteiger partial charge in [-0.3, -0.25) is 9.59 Å². The zero-order chi connectivity index (χ0) is 17.3. The van der Waals surface area contributed by atoms with Crippen LogP contribution in [0.3, 0.4) is 0 Å². The number of carbonyl (C=O) groups excluding carboxylic acids is 2. The van der Waals surface area contributed by atoms with Crippen molar-refractivity contribution in [3.8, 4) is 0 Å². The van der Waals surface area contributed by atoms with Crippen LogP contribution in [0.25, 0.3) is 0 Å². The minimum absolute atomic E-state index is 0.0591. The van der Waals surface area contributed by atoms with Crippen LogP contribution in [0.5, 0.6) is 0 Å². The van der Waals surface area contributed by atoms with Gasteiger partial charge in [0.15, 0.2) is 0 Å². The van der Waals surface area contributed by atoms with Gasteiger partial charge in [-0.25, -0.2) is 0 Å². The second-order valence-electron chi connectivity index (χ2n) is 5.83. The van der Waals surface area contributed by atoms with Crippen molar-refractivity contribution in [3.63, 3.8) is 0 Å². The molecule has 124 valence electrons. The zero-order valence-corrected chi connectivity index (χ0v) is 14.6. The number of hydrogen-bond acceptors (Lipinski definition) is 2. The molecular formula is C18H16Cl2N2O2. The van der Waals surface area contributed by atoms with Gasteiger partial charge in [-0.05, 0) is 31.2 Å². The molecule has 0 aromatic heterocycles. The lowest BCUT2D eigenvalue weighted by Gasteiger charge is -2.17. The van der Waals surface area contributed by atoms with Gasteiger partial charge in [0, 0.05) is 18.7 Å². The lowest BCUT2D eigenvalue weighted by molar-refractivity contribution is -0.122. The van der Waals surface area contributed by atoms with Gasteiger partial charge < -0.3 is 10.2 Å². The fourth-order valence-corrected chi connectivity index (χ4v) is 3.04. The van der Waals surface area contributed by atoms with Gasteiger partial charge in [0.2, 0.25) is 11.8 Å². The van der Waals surface area contributed by atoms with Gasteiger partial charge in [0.05, 0.1) is 21.7 Å². The first-order valence-corrected chi connectivity index (χ1v) is 8.33. The monoisotopic (exact) mass is 362 g/mol. The van der Waals surface area contributed by atoms with Crippen molar-refractivity contribution in [1.29, 1.82) is 0 Å². The highest BCUT2D eigenvalue weighted by Crippen LogP contribution is 2.31. The number of nitrogens with zero attached hydrogens (tertiary/aromatic N) is 1. The molecule has 0 radical (unpaired) electrons. The smallest absolute Gasteiger partial charge is 0.229 e. The van der Waals surface area contributed by atoms with Crippen LogP contribution in [0, 0.1) is 12.8 Å². The van der Waals surface area contributed by atoms with E-state index in [2.05, 4.69) is 5.32 Å². The van der Waals surface area contributed by atoms with Crippen LogP contribution in [-0.2, 0) is 9.59 Å². The van der Waals surface area contributed by atoms with Crippen LogP contribution < -0.4 is 10.2 Å². The molecule has 1 saturated heterocycles. The molecule has 2 aromatic rings. The average molecular weight is 363 g/mol. The summed E-state index contributed by atoms with van der Waals surface area (Å²) in [5, 5.41) is 3.43. The van der Waals surface area contributed by atoms with Crippen molar-refractivity contribution >= 4 is 46.4 Å². The lowest BCUT2D eigenvalue weighted by Crippen LogP contribution is -2.28. The quantitative estimate of drug-likeness (QED) is 0.884. The topological polar surface area (TPSA) is 49.4 Å². The van der Waals surface area contributed by atoms with E-state index in [0.29, 0.717) is 22.3 Å². The van der Waals surface area contributed by atoms with Gasteiger partial charge >= 0.3 is 0 Å². The number of aryl methyl sites for hydroxylation is 1. The van der Waals surface area contributed by atoms with Crippen LogP contribution in [0.4, 0.5) is 11.4 Å². The molecule has 1 N–H and O–H groups in total. The number of carbonyl (C=O) groups is 2. The van der Waals surface area contributed by atoms with E-state index in [-0.39, 0.29) is 18.2 Å². The maximum Gasteiger partial charge on any atom is 0.229 e. The van der Waals surface area contributed by atoms with Crippen molar-refractivity contribution < 1.29 is 9.59 Å². The van der Waals surface area contributed by atoms with E-state index in [1.165, 1.54) is 0 Å². The Balaban J connectivity index is 1.72. The molecule has 0 saturated carbocycles. The third-order valence-electron chi connectivity index (χ3n) is 4.05. The van der Waals surface area contributed by atoms with E-state index in [1.54, 1.807) is 23.1 Å². The fraction of sp³-hybridized carbons (Fsp3) is 0.222. The highest BCUT2D eigenvalue weighted by molar-refractivity contribution is 6.44. The predicted octanol–water partition coefficient (Wildman–Crippen LogP) is 4.29. The van der Waals surface area contributed by atoms with Crippen molar-refractivity contribution in [2.75, 3.05) is 16.8 Å². The maximum absolute atomic E-state index is 12.5. The number of benzene rings is 2. The summed E-state index contributed by atoms with van der Waals surface area (Å²) >= 11 is 12.0. The Morgan fingerprint density at radius 3 is 2.58 bits per heavy atom. The Morgan fingerprint density at radius 2 is 1.88 bits per heavy atom. The zero-order valence-electron chi connectivity index (χ0n) is 13.1. The van der Waals surface area contributed by atoms with Crippen LogP contribution in [0.1, 0.15) is 12.0 Å². The number of nitrogens with one attached hydrogen (secondary N) is 1. The summed E-state index contributed by atoms with van der Waals surface area (Å²) < 4.78 is 0. The summed E-state index contributed by atoms with van der Waals surface area (Å²) in [6.07, 6.45) is 0.178. The van der Waals surface area contributed by atoms with Crippen molar-refractivity contribution in [2.45, 2.75) is 13.3 Å². The lowest BCUT2D eigenvalue weighted by atomic mass is 10.1. The van der Waals surface area contributed by atoms with Crippen molar-refractivity contribution in [2.24, 2.45) is 5.92 Å². The van der Waals surface area contributed by atoms with Gasteiger partial charge in [0.1, 0.15) is 0 Å². The second kappa shape index (κ2) is 6.83. The molecule has 0 bridgehead atoms. The predicted molar refractivity (Wildman–Crippen MR) is 96.7 cm³/mol. The average Bonchev–Trinajstić information content (AvgIpc) is 2.94. The third kappa shape index (κ3) is 3.40. The minimum atomic E-state index is -0.422. The van der Waals surface area contributed by atoms with Crippen molar-refractivity contribution in [3.05, 3.63) is 58.1 Å². The highest BCUT2D eigenvalue weighted by atomic mass is 35.5. The number of halogens is 2. The van der Waals surface area contributed by atoms with Gasteiger partial charge in [0.25, 0.3) is 0 Å². The van der Waals surface area contributed by atoms with Crippen molar-refractivity contribution in [1.82, 2.24) is 0 Å². The molecule has 0 spiro atoms. The molecule has 2 amide bonds. The molecule has 0 aliphatic carbocycles. The Kier molecular flexibility index (Phi) is 4.78. The molecule has 2 aromatic carbocycles. The highest BCUT2D eigenvalue weighted by Gasteiger charge is 2.35. The molecule has 1 fully saturated rings. The molecular weight excluding hydrogens is 347 g/mol.